The molecule has 1 heterocycles. The zero-order valence-electron chi connectivity index (χ0n) is 44.9. The molecule has 12 nitrogen and oxygen atoms in total. The van der Waals surface area contributed by atoms with Gasteiger partial charge in [0.1, 0.15) is 18.7 Å². The third-order valence-corrected chi connectivity index (χ3v) is 14.1. The van der Waals surface area contributed by atoms with Crippen LogP contribution in [0, 0.1) is 0 Å². The number of unbranched alkanes of at least 4 members (excludes halogenated alkanes) is 26. The molecule has 1 aliphatic heterocycles. The van der Waals surface area contributed by atoms with E-state index in [4.69, 9.17) is 4.74 Å². The number of nitrogens with one attached hydrogen (secondary N) is 4. The fourth-order valence-electron chi connectivity index (χ4n) is 9.69. The van der Waals surface area contributed by atoms with Crippen LogP contribution in [0.4, 0.5) is 0 Å². The monoisotopic (exact) mass is 980 g/mol. The number of nitrogens with zero attached hydrogens (tertiary/aromatic N) is 1. The van der Waals surface area contributed by atoms with Crippen LogP contribution < -0.4 is 21.3 Å². The highest BCUT2D eigenvalue weighted by Crippen LogP contribution is 2.22. The first-order valence-electron chi connectivity index (χ1n) is 28.7. The van der Waals surface area contributed by atoms with Crippen molar-refractivity contribution >= 4 is 35.5 Å². The Balaban J connectivity index is 1.84. The van der Waals surface area contributed by atoms with Gasteiger partial charge in [0, 0.05) is 37.8 Å². The van der Waals surface area contributed by atoms with E-state index in [1.54, 1.807) is 0 Å². The minimum absolute atomic E-state index is 0.0167. The zero-order valence-corrected chi connectivity index (χ0v) is 44.9. The van der Waals surface area contributed by atoms with Gasteiger partial charge in [-0.2, -0.15) is 0 Å². The van der Waals surface area contributed by atoms with Gasteiger partial charge in [-0.1, -0.05) is 224 Å². The Labute approximate surface area is 425 Å². The molecule has 0 aromatic heterocycles. The predicted octanol–water partition coefficient (Wildman–Crippen LogP) is 12.6. The van der Waals surface area contributed by atoms with Crippen molar-refractivity contribution in [2.75, 3.05) is 6.67 Å². The average Bonchev–Trinajstić information content (AvgIpc) is 3.80. The lowest BCUT2D eigenvalue weighted by molar-refractivity contribution is -0.145. The summed E-state index contributed by atoms with van der Waals surface area (Å²) in [6, 6.07) is 7.51. The molecule has 1 aliphatic rings. The second kappa shape index (κ2) is 41.6. The minimum atomic E-state index is -1.11. The Hall–Kier alpha value is -3.96. The Morgan fingerprint density at radius 1 is 0.600 bits per heavy atom. The van der Waals surface area contributed by atoms with Gasteiger partial charge in [-0.15, -0.1) is 0 Å². The lowest BCUT2D eigenvalue weighted by Crippen LogP contribution is -2.53. The Bertz CT molecular complexity index is 1500. The van der Waals surface area contributed by atoms with E-state index >= 15 is 0 Å². The number of rotatable bonds is 45. The topological polar surface area (TPSA) is 163 Å². The molecule has 0 saturated carbocycles. The molecule has 1 fully saturated rings. The summed E-state index contributed by atoms with van der Waals surface area (Å²) in [7, 11) is 0. The second-order valence-corrected chi connectivity index (χ2v) is 20.5. The van der Waals surface area contributed by atoms with Gasteiger partial charge < -0.3 is 30.9 Å². The summed E-state index contributed by atoms with van der Waals surface area (Å²) >= 11 is 0. The highest BCUT2D eigenvalue weighted by atomic mass is 16.5. The van der Waals surface area contributed by atoms with E-state index in [0.717, 1.165) is 31.2 Å². The summed E-state index contributed by atoms with van der Waals surface area (Å²) in [5.74, 6) is -2.27. The van der Waals surface area contributed by atoms with Gasteiger partial charge >= 0.3 is 5.97 Å². The van der Waals surface area contributed by atoms with Crippen molar-refractivity contribution in [1.82, 2.24) is 26.2 Å². The van der Waals surface area contributed by atoms with E-state index in [9.17, 15) is 28.8 Å². The molecule has 2 rings (SSSR count). The van der Waals surface area contributed by atoms with Crippen LogP contribution in [-0.4, -0.2) is 71.2 Å². The molecule has 5 amide bonds. The standard InChI is InChI=1S/C58H101N5O7/c1-5-7-9-11-13-15-17-19-21-23-25-27-29-32-36-48(3)63(49(4)37-33-30-28-26-24-22-20-18-16-14-12-10-8-6-2)55(66)44-43-53(64)59-47-60-57(68)51(62-58(69)52-40-42-54(65)61-52)41-45-56(67)70-46-50-38-34-31-35-39-50/h31,34-35,38-39,48-49,51-52H,5-30,32-33,36-37,40-47H2,1-4H3,(H,59,64)(H,60,68)(H,61,65)(H,62,69). The van der Waals surface area contributed by atoms with E-state index < -0.39 is 29.9 Å². The van der Waals surface area contributed by atoms with Crippen LogP contribution in [0.1, 0.15) is 264 Å². The zero-order chi connectivity index (χ0) is 50.9. The lowest BCUT2D eigenvalue weighted by Gasteiger charge is -2.35. The quantitative estimate of drug-likeness (QED) is 0.0287. The largest absolute Gasteiger partial charge is 0.461 e. The first-order valence-corrected chi connectivity index (χ1v) is 28.7. The first kappa shape index (κ1) is 62.2. The van der Waals surface area contributed by atoms with Crippen molar-refractivity contribution in [2.45, 2.75) is 290 Å². The predicted molar refractivity (Wildman–Crippen MR) is 285 cm³/mol. The number of benzene rings is 1. The molecular weight excluding hydrogens is 879 g/mol. The Kier molecular flexibility index (Phi) is 37.0. The van der Waals surface area contributed by atoms with Crippen molar-refractivity contribution in [3.05, 3.63) is 35.9 Å². The first-order chi connectivity index (χ1) is 34.0. The molecule has 0 radical (unpaired) electrons. The number of esters is 1. The molecule has 70 heavy (non-hydrogen) atoms. The van der Waals surface area contributed by atoms with Gasteiger partial charge in [-0.05, 0) is 45.1 Å². The maximum absolute atomic E-state index is 14.0. The third-order valence-electron chi connectivity index (χ3n) is 14.1. The molecule has 0 aliphatic carbocycles. The van der Waals surface area contributed by atoms with Crippen LogP contribution in [0.2, 0.25) is 0 Å². The van der Waals surface area contributed by atoms with E-state index in [-0.39, 0.29) is 75.2 Å². The van der Waals surface area contributed by atoms with Crippen LogP contribution in [-0.2, 0) is 40.1 Å². The molecule has 1 saturated heterocycles. The van der Waals surface area contributed by atoms with Crippen LogP contribution in [0.25, 0.3) is 0 Å². The van der Waals surface area contributed by atoms with Crippen molar-refractivity contribution in [1.29, 1.82) is 0 Å². The minimum Gasteiger partial charge on any atom is -0.461 e. The number of carbonyl (C=O) groups excluding carboxylic acids is 6. The summed E-state index contributed by atoms with van der Waals surface area (Å²) in [6.45, 7) is 8.73. The van der Waals surface area contributed by atoms with Gasteiger partial charge in [0.25, 0.3) is 0 Å². The SMILES string of the molecule is CCCCCCCCCCCCCCCCC(C)N(C(=O)CCC(=O)NCNC(=O)C(CCC(=O)OCc1ccccc1)NC(=O)C1CCC(=O)N1)C(C)CCCCCCCCCCCCCCCC. The average molecular weight is 980 g/mol. The van der Waals surface area contributed by atoms with Crippen LogP contribution in [0.5, 0.6) is 0 Å². The molecule has 1 aromatic carbocycles. The molecule has 400 valence electrons. The summed E-state index contributed by atoms with van der Waals surface area (Å²) < 4.78 is 5.37. The van der Waals surface area contributed by atoms with Gasteiger partial charge in [0.2, 0.25) is 29.5 Å². The summed E-state index contributed by atoms with van der Waals surface area (Å²) in [5.41, 5.74) is 0.824. The highest BCUT2D eigenvalue weighted by molar-refractivity contribution is 5.94. The van der Waals surface area contributed by atoms with Crippen molar-refractivity contribution in [3.8, 4) is 0 Å². The number of amides is 5. The maximum atomic E-state index is 14.0. The van der Waals surface area contributed by atoms with Crippen LogP contribution >= 0.6 is 0 Å². The summed E-state index contributed by atoms with van der Waals surface area (Å²) in [4.78, 5) is 79.8. The molecule has 0 bridgehead atoms. The molecule has 0 spiro atoms. The fourth-order valence-corrected chi connectivity index (χ4v) is 9.69. The molecule has 4 unspecified atom stereocenters. The number of hydrogen-bond acceptors (Lipinski definition) is 7. The van der Waals surface area contributed by atoms with E-state index in [2.05, 4.69) is 49.0 Å². The Morgan fingerprint density at radius 2 is 1.06 bits per heavy atom. The molecular formula is C58H101N5O7. The summed E-state index contributed by atoms with van der Waals surface area (Å²) in [5, 5.41) is 10.6. The molecule has 4 N–H and O–H groups in total. The van der Waals surface area contributed by atoms with E-state index in [0.29, 0.717) is 6.42 Å². The fraction of sp³-hybridized carbons (Fsp3) is 0.793. The lowest BCUT2D eigenvalue weighted by atomic mass is 10.00. The van der Waals surface area contributed by atoms with Crippen molar-refractivity contribution in [3.63, 3.8) is 0 Å². The van der Waals surface area contributed by atoms with E-state index in [1.165, 1.54) is 167 Å². The van der Waals surface area contributed by atoms with Crippen LogP contribution in [0.3, 0.4) is 0 Å². The van der Waals surface area contributed by atoms with Gasteiger partial charge in [-0.25, -0.2) is 0 Å². The number of hydrogen-bond donors (Lipinski definition) is 4. The smallest absolute Gasteiger partial charge is 0.306 e. The third kappa shape index (κ3) is 31.4. The normalized spacial score (nSPS) is 14.6. The van der Waals surface area contributed by atoms with Gasteiger partial charge in [-0.3, -0.25) is 28.8 Å². The summed E-state index contributed by atoms with van der Waals surface area (Å²) in [6.07, 6.45) is 39.0. The van der Waals surface area contributed by atoms with Crippen molar-refractivity contribution in [2.24, 2.45) is 0 Å². The van der Waals surface area contributed by atoms with E-state index in [1.807, 2.05) is 35.2 Å². The number of carbonyl (C=O) groups is 6. The maximum Gasteiger partial charge on any atom is 0.306 e. The second-order valence-electron chi connectivity index (χ2n) is 20.5. The van der Waals surface area contributed by atoms with Crippen LogP contribution in [0.15, 0.2) is 30.3 Å². The Morgan fingerprint density at radius 3 is 1.50 bits per heavy atom. The molecule has 1 aromatic rings. The molecule has 4 atom stereocenters. The van der Waals surface area contributed by atoms with Gasteiger partial charge in [0.15, 0.2) is 0 Å². The number of ether oxygens (including phenoxy) is 1. The van der Waals surface area contributed by atoms with Crippen molar-refractivity contribution < 1.29 is 33.5 Å². The highest BCUT2D eigenvalue weighted by Gasteiger charge is 2.31. The van der Waals surface area contributed by atoms with Gasteiger partial charge in [0.05, 0.1) is 6.67 Å². The molecule has 12 heteroatoms.